The van der Waals surface area contributed by atoms with Crippen LogP contribution >= 0.6 is 0 Å². The van der Waals surface area contributed by atoms with E-state index in [1.54, 1.807) is 31.2 Å². The Labute approximate surface area is 120 Å². The Morgan fingerprint density at radius 1 is 1.40 bits per heavy atom. The van der Waals surface area contributed by atoms with Crippen molar-refractivity contribution in [3.8, 4) is 6.07 Å². The van der Waals surface area contributed by atoms with Crippen LogP contribution in [0.15, 0.2) is 24.3 Å². The molecule has 1 aromatic carbocycles. The van der Waals surface area contributed by atoms with Crippen LogP contribution in [0.25, 0.3) is 0 Å². The molecule has 110 valence electrons. The highest BCUT2D eigenvalue weighted by Crippen LogP contribution is 2.18. The predicted molar refractivity (Wildman–Crippen MR) is 77.3 cm³/mol. The number of nitrogens with zero attached hydrogens (tertiary/aromatic N) is 1. The maximum Gasteiger partial charge on any atom is 0.216 e. The van der Waals surface area contributed by atoms with Gasteiger partial charge >= 0.3 is 0 Å². The van der Waals surface area contributed by atoms with Crippen molar-refractivity contribution in [2.24, 2.45) is 0 Å². The first-order chi connectivity index (χ1) is 9.36. The highest BCUT2D eigenvalue weighted by Gasteiger charge is 2.28. The molecule has 5 nitrogen and oxygen atoms in total. The third-order valence-electron chi connectivity index (χ3n) is 3.33. The Morgan fingerprint density at radius 2 is 2.05 bits per heavy atom. The fourth-order valence-corrected chi connectivity index (χ4v) is 3.65. The molecule has 0 aliphatic rings. The highest BCUT2D eigenvalue weighted by molar-refractivity contribution is 7.88. The van der Waals surface area contributed by atoms with Crippen LogP contribution in [0.3, 0.4) is 0 Å². The Bertz CT molecular complexity index is 593. The number of nitrogens with one attached hydrogen (secondary N) is 1. The van der Waals surface area contributed by atoms with Crippen LogP contribution in [0.1, 0.15) is 37.8 Å². The number of aliphatic hydroxyl groups excluding tert-OH is 1. The molecule has 20 heavy (non-hydrogen) atoms. The maximum atomic E-state index is 12.2. The van der Waals surface area contributed by atoms with Gasteiger partial charge in [-0.05, 0) is 31.4 Å². The molecule has 0 aromatic heterocycles. The summed E-state index contributed by atoms with van der Waals surface area (Å²) in [5.74, 6) is -0.238. The highest BCUT2D eigenvalue weighted by atomic mass is 32.2. The summed E-state index contributed by atoms with van der Waals surface area (Å²) in [6.07, 6.45) is 0.926. The molecule has 0 bridgehead atoms. The summed E-state index contributed by atoms with van der Waals surface area (Å²) in [6.45, 7) is 3.54. The van der Waals surface area contributed by atoms with Crippen molar-refractivity contribution in [1.82, 2.24) is 4.72 Å². The van der Waals surface area contributed by atoms with Gasteiger partial charge in [0.05, 0.1) is 17.4 Å². The first-order valence-corrected chi connectivity index (χ1v) is 8.11. The number of hydrogen-bond acceptors (Lipinski definition) is 4. The van der Waals surface area contributed by atoms with Gasteiger partial charge in [0.25, 0.3) is 0 Å². The number of nitriles is 1. The molecule has 1 aromatic rings. The summed E-state index contributed by atoms with van der Waals surface area (Å²) in [5, 5.41) is 18.0. The van der Waals surface area contributed by atoms with Crippen LogP contribution in [0, 0.1) is 11.3 Å². The minimum atomic E-state index is -3.57. The minimum absolute atomic E-state index is 0.0817. The molecular formula is C14H20N2O3S. The molecule has 0 amide bonds. The van der Waals surface area contributed by atoms with Gasteiger partial charge in [0.1, 0.15) is 0 Å². The van der Waals surface area contributed by atoms with E-state index in [1.807, 2.05) is 13.0 Å². The molecule has 2 N–H and O–H groups in total. The van der Waals surface area contributed by atoms with E-state index >= 15 is 0 Å². The molecule has 0 fully saturated rings. The monoisotopic (exact) mass is 296 g/mol. The molecule has 0 saturated carbocycles. The molecule has 1 rings (SSSR count). The first-order valence-electron chi connectivity index (χ1n) is 6.46. The van der Waals surface area contributed by atoms with Gasteiger partial charge in [0.15, 0.2) is 0 Å². The second kappa shape index (κ2) is 6.84. The molecule has 1 unspecified atom stereocenters. The van der Waals surface area contributed by atoms with E-state index in [-0.39, 0.29) is 12.4 Å². The molecule has 1 atom stereocenters. The van der Waals surface area contributed by atoms with Crippen LogP contribution < -0.4 is 4.72 Å². The first kappa shape index (κ1) is 16.6. The van der Waals surface area contributed by atoms with Crippen molar-refractivity contribution in [3.63, 3.8) is 0 Å². The van der Waals surface area contributed by atoms with Crippen LogP contribution in [0.2, 0.25) is 0 Å². The summed E-state index contributed by atoms with van der Waals surface area (Å²) in [6, 6.07) is 8.62. The van der Waals surface area contributed by atoms with E-state index in [9.17, 15) is 8.42 Å². The standard InChI is InChI=1S/C14H20N2O3S/c1-3-14(2,8-9-17)16-20(18,19)11-13-7-5-4-6-12(13)10-15/h4-7,16-17H,3,8-9,11H2,1-2H3. The van der Waals surface area contributed by atoms with Gasteiger partial charge < -0.3 is 5.11 Å². The summed E-state index contributed by atoms with van der Waals surface area (Å²) < 4.78 is 27.1. The van der Waals surface area contributed by atoms with Gasteiger partial charge in [-0.25, -0.2) is 13.1 Å². The lowest BCUT2D eigenvalue weighted by atomic mass is 9.97. The molecule has 0 saturated heterocycles. The second-order valence-electron chi connectivity index (χ2n) is 5.02. The van der Waals surface area contributed by atoms with Crippen molar-refractivity contribution in [3.05, 3.63) is 35.4 Å². The van der Waals surface area contributed by atoms with Crippen LogP contribution in [-0.2, 0) is 15.8 Å². The van der Waals surface area contributed by atoms with Crippen molar-refractivity contribution in [1.29, 1.82) is 5.26 Å². The summed E-state index contributed by atoms with van der Waals surface area (Å²) in [4.78, 5) is 0. The van der Waals surface area contributed by atoms with Crippen molar-refractivity contribution in [2.45, 2.75) is 38.0 Å². The molecule has 0 aliphatic carbocycles. The normalized spacial score (nSPS) is 14.5. The number of rotatable bonds is 7. The summed E-state index contributed by atoms with van der Waals surface area (Å²) in [5.41, 5.74) is 0.165. The van der Waals surface area contributed by atoms with E-state index in [0.717, 1.165) is 0 Å². The number of aliphatic hydroxyl groups is 1. The van der Waals surface area contributed by atoms with Crippen molar-refractivity contribution >= 4 is 10.0 Å². The zero-order valence-electron chi connectivity index (χ0n) is 11.8. The van der Waals surface area contributed by atoms with E-state index in [0.29, 0.717) is 24.0 Å². The van der Waals surface area contributed by atoms with Crippen LogP contribution in [0.5, 0.6) is 0 Å². The number of hydrogen-bond donors (Lipinski definition) is 2. The zero-order valence-corrected chi connectivity index (χ0v) is 12.6. The Hall–Kier alpha value is -1.42. The molecule has 0 spiro atoms. The van der Waals surface area contributed by atoms with Gasteiger partial charge in [-0.1, -0.05) is 25.1 Å². The van der Waals surface area contributed by atoms with Gasteiger partial charge in [0.2, 0.25) is 10.0 Å². The topological polar surface area (TPSA) is 90.2 Å². The van der Waals surface area contributed by atoms with Crippen molar-refractivity contribution in [2.75, 3.05) is 6.61 Å². The largest absolute Gasteiger partial charge is 0.396 e. The third kappa shape index (κ3) is 4.60. The molecule has 0 radical (unpaired) electrons. The lowest BCUT2D eigenvalue weighted by molar-refractivity contribution is 0.233. The fraction of sp³-hybridized carbons (Fsp3) is 0.500. The van der Waals surface area contributed by atoms with Crippen molar-refractivity contribution < 1.29 is 13.5 Å². The SMILES string of the molecule is CCC(C)(CCO)NS(=O)(=O)Cc1ccccc1C#N. The summed E-state index contributed by atoms with van der Waals surface area (Å²) in [7, 11) is -3.57. The van der Waals surface area contributed by atoms with Gasteiger partial charge in [-0.15, -0.1) is 0 Å². The Balaban J connectivity index is 2.93. The maximum absolute atomic E-state index is 12.2. The van der Waals surface area contributed by atoms with E-state index in [4.69, 9.17) is 10.4 Å². The zero-order chi connectivity index (χ0) is 15.2. The smallest absolute Gasteiger partial charge is 0.216 e. The molecular weight excluding hydrogens is 276 g/mol. The average Bonchev–Trinajstić information content (AvgIpc) is 2.38. The lowest BCUT2D eigenvalue weighted by Crippen LogP contribution is -2.46. The number of sulfonamides is 1. The fourth-order valence-electron chi connectivity index (χ4n) is 1.92. The van der Waals surface area contributed by atoms with Crippen LogP contribution in [-0.4, -0.2) is 25.7 Å². The average molecular weight is 296 g/mol. The third-order valence-corrected chi connectivity index (χ3v) is 4.82. The Kier molecular flexibility index (Phi) is 5.69. The van der Waals surface area contributed by atoms with Gasteiger partial charge in [-0.3, -0.25) is 0 Å². The minimum Gasteiger partial charge on any atom is -0.396 e. The van der Waals surface area contributed by atoms with Gasteiger partial charge in [0, 0.05) is 12.1 Å². The predicted octanol–water partition coefficient (Wildman–Crippen LogP) is 1.53. The molecule has 6 heteroatoms. The number of benzene rings is 1. The lowest BCUT2D eigenvalue weighted by Gasteiger charge is -2.28. The summed E-state index contributed by atoms with van der Waals surface area (Å²) >= 11 is 0. The van der Waals surface area contributed by atoms with E-state index < -0.39 is 15.6 Å². The molecule has 0 aliphatic heterocycles. The second-order valence-corrected chi connectivity index (χ2v) is 6.74. The van der Waals surface area contributed by atoms with Crippen LogP contribution in [0.4, 0.5) is 0 Å². The van der Waals surface area contributed by atoms with Gasteiger partial charge in [-0.2, -0.15) is 5.26 Å². The quantitative estimate of drug-likeness (QED) is 0.798. The van der Waals surface area contributed by atoms with E-state index in [1.165, 1.54) is 0 Å². The Morgan fingerprint density at radius 3 is 2.60 bits per heavy atom. The van der Waals surface area contributed by atoms with E-state index in [2.05, 4.69) is 4.72 Å². The molecule has 0 heterocycles.